The summed E-state index contributed by atoms with van der Waals surface area (Å²) in [6, 6.07) is 0.685. The molecular formula is C14H25F3N2O. The van der Waals surface area contributed by atoms with Crippen molar-refractivity contribution in [3.63, 3.8) is 0 Å². The summed E-state index contributed by atoms with van der Waals surface area (Å²) < 4.78 is 37.1. The van der Waals surface area contributed by atoms with Gasteiger partial charge in [-0.1, -0.05) is 6.92 Å². The molecule has 0 aromatic heterocycles. The summed E-state index contributed by atoms with van der Waals surface area (Å²) in [6.45, 7) is 5.17. The molecule has 0 saturated carbocycles. The van der Waals surface area contributed by atoms with Crippen molar-refractivity contribution < 1.29 is 18.3 Å². The molecule has 0 spiro atoms. The van der Waals surface area contributed by atoms with Gasteiger partial charge in [0, 0.05) is 12.1 Å². The van der Waals surface area contributed by atoms with Crippen LogP contribution in [0.5, 0.6) is 0 Å². The van der Waals surface area contributed by atoms with Crippen LogP contribution in [0, 0.1) is 5.92 Å². The standard InChI is InChI=1S/C14H25F3N2O/c1-10-9-18-7-6-12(10)19-8-2-3-11(19)4-5-13(20)14(15,16)17/h10-13,18,20H,2-9H2,1H3. The Morgan fingerprint density at radius 1 is 1.35 bits per heavy atom. The van der Waals surface area contributed by atoms with Crippen molar-refractivity contribution in [2.75, 3.05) is 19.6 Å². The highest BCUT2D eigenvalue weighted by molar-refractivity contribution is 4.90. The van der Waals surface area contributed by atoms with Crippen LogP contribution >= 0.6 is 0 Å². The molecular weight excluding hydrogens is 269 g/mol. The van der Waals surface area contributed by atoms with Gasteiger partial charge in [0.1, 0.15) is 6.10 Å². The maximum absolute atomic E-state index is 12.4. The number of alkyl halides is 3. The molecule has 2 saturated heterocycles. The molecule has 2 N–H and O–H groups in total. The van der Waals surface area contributed by atoms with Crippen LogP contribution in [-0.2, 0) is 0 Å². The summed E-state index contributed by atoms with van der Waals surface area (Å²) in [5.74, 6) is 0.539. The van der Waals surface area contributed by atoms with Crippen molar-refractivity contribution in [2.45, 2.75) is 63.4 Å². The Hall–Kier alpha value is -0.330. The number of hydrogen-bond acceptors (Lipinski definition) is 3. The second kappa shape index (κ2) is 6.62. The number of aliphatic hydroxyl groups excluding tert-OH is 1. The van der Waals surface area contributed by atoms with Crippen molar-refractivity contribution in [1.82, 2.24) is 10.2 Å². The minimum atomic E-state index is -4.48. The summed E-state index contributed by atoms with van der Waals surface area (Å²) in [4.78, 5) is 2.40. The van der Waals surface area contributed by atoms with E-state index in [1.165, 1.54) is 0 Å². The van der Waals surface area contributed by atoms with Crippen molar-refractivity contribution in [3.05, 3.63) is 0 Å². The highest BCUT2D eigenvalue weighted by Crippen LogP contribution is 2.31. The van der Waals surface area contributed by atoms with E-state index in [9.17, 15) is 13.2 Å². The Morgan fingerprint density at radius 2 is 2.10 bits per heavy atom. The van der Waals surface area contributed by atoms with Crippen LogP contribution in [0.25, 0.3) is 0 Å². The van der Waals surface area contributed by atoms with E-state index in [-0.39, 0.29) is 12.5 Å². The maximum atomic E-state index is 12.4. The fourth-order valence-corrected chi connectivity index (χ4v) is 3.61. The summed E-state index contributed by atoms with van der Waals surface area (Å²) in [6.07, 6.45) is -3.30. The number of rotatable bonds is 4. The summed E-state index contributed by atoms with van der Waals surface area (Å²) in [5, 5.41) is 12.5. The lowest BCUT2D eigenvalue weighted by molar-refractivity contribution is -0.206. The van der Waals surface area contributed by atoms with Crippen LogP contribution in [-0.4, -0.2) is 54.0 Å². The smallest absolute Gasteiger partial charge is 0.384 e. The first-order valence-corrected chi connectivity index (χ1v) is 7.61. The van der Waals surface area contributed by atoms with Gasteiger partial charge in [-0.15, -0.1) is 0 Å². The number of nitrogens with one attached hydrogen (secondary N) is 1. The Balaban J connectivity index is 1.87. The summed E-state index contributed by atoms with van der Waals surface area (Å²) in [5.41, 5.74) is 0. The molecule has 0 bridgehead atoms. The average molecular weight is 294 g/mol. The molecule has 2 fully saturated rings. The van der Waals surface area contributed by atoms with Gasteiger partial charge in [0.2, 0.25) is 0 Å². The topological polar surface area (TPSA) is 35.5 Å². The van der Waals surface area contributed by atoms with Gasteiger partial charge in [0.05, 0.1) is 0 Å². The Kier molecular flexibility index (Phi) is 5.31. The third kappa shape index (κ3) is 3.86. The monoisotopic (exact) mass is 294 g/mol. The molecule has 0 aromatic rings. The molecule has 4 atom stereocenters. The maximum Gasteiger partial charge on any atom is 0.414 e. The first kappa shape index (κ1) is 16.0. The molecule has 0 aliphatic carbocycles. The Bertz CT molecular complexity index is 311. The highest BCUT2D eigenvalue weighted by Gasteiger charge is 2.40. The van der Waals surface area contributed by atoms with Gasteiger partial charge in [0.25, 0.3) is 0 Å². The lowest BCUT2D eigenvalue weighted by Crippen LogP contribution is -2.50. The number of nitrogens with zero attached hydrogens (tertiary/aromatic N) is 1. The number of piperidine rings is 1. The van der Waals surface area contributed by atoms with Crippen LogP contribution in [0.1, 0.15) is 39.0 Å². The zero-order valence-corrected chi connectivity index (χ0v) is 12.0. The molecule has 0 amide bonds. The van der Waals surface area contributed by atoms with E-state index >= 15 is 0 Å². The van der Waals surface area contributed by atoms with Crippen LogP contribution in [0.15, 0.2) is 0 Å². The third-order valence-corrected chi connectivity index (χ3v) is 4.74. The van der Waals surface area contributed by atoms with E-state index in [0.717, 1.165) is 38.9 Å². The molecule has 0 radical (unpaired) electrons. The molecule has 0 aromatic carbocycles. The van der Waals surface area contributed by atoms with Gasteiger partial charge < -0.3 is 10.4 Å². The molecule has 20 heavy (non-hydrogen) atoms. The van der Waals surface area contributed by atoms with Crippen LogP contribution in [0.4, 0.5) is 13.2 Å². The molecule has 118 valence electrons. The molecule has 2 aliphatic heterocycles. The van der Waals surface area contributed by atoms with Crippen molar-refractivity contribution in [2.24, 2.45) is 5.92 Å². The zero-order valence-electron chi connectivity index (χ0n) is 12.0. The van der Waals surface area contributed by atoms with Crippen LogP contribution in [0.3, 0.4) is 0 Å². The van der Waals surface area contributed by atoms with Gasteiger partial charge in [0.15, 0.2) is 0 Å². The predicted octanol–water partition coefficient (Wildman–Crippen LogP) is 2.15. The fourth-order valence-electron chi connectivity index (χ4n) is 3.61. The normalized spacial score (nSPS) is 34.4. The molecule has 6 heteroatoms. The van der Waals surface area contributed by atoms with Crippen LogP contribution < -0.4 is 5.32 Å². The molecule has 2 rings (SSSR count). The van der Waals surface area contributed by atoms with E-state index in [2.05, 4.69) is 17.1 Å². The van der Waals surface area contributed by atoms with Gasteiger partial charge in [-0.25, -0.2) is 0 Å². The Morgan fingerprint density at radius 3 is 2.75 bits per heavy atom. The predicted molar refractivity (Wildman–Crippen MR) is 71.5 cm³/mol. The second-order valence-electron chi connectivity index (χ2n) is 6.21. The number of hydrogen-bond donors (Lipinski definition) is 2. The minimum absolute atomic E-state index is 0.177. The second-order valence-corrected chi connectivity index (χ2v) is 6.21. The van der Waals surface area contributed by atoms with Crippen molar-refractivity contribution in [3.8, 4) is 0 Å². The molecule has 3 nitrogen and oxygen atoms in total. The Labute approximate surface area is 118 Å². The van der Waals surface area contributed by atoms with Gasteiger partial charge in [-0.3, -0.25) is 4.90 Å². The zero-order chi connectivity index (χ0) is 14.8. The average Bonchev–Trinajstić information content (AvgIpc) is 2.83. The van der Waals surface area contributed by atoms with Gasteiger partial charge >= 0.3 is 6.18 Å². The van der Waals surface area contributed by atoms with E-state index < -0.39 is 12.3 Å². The largest absolute Gasteiger partial charge is 0.414 e. The number of halogens is 3. The fraction of sp³-hybridized carbons (Fsp3) is 1.00. The van der Waals surface area contributed by atoms with Crippen LogP contribution in [0.2, 0.25) is 0 Å². The minimum Gasteiger partial charge on any atom is -0.384 e. The molecule has 2 aliphatic rings. The van der Waals surface area contributed by atoms with Gasteiger partial charge in [-0.2, -0.15) is 13.2 Å². The first-order chi connectivity index (χ1) is 9.39. The molecule has 4 unspecified atom stereocenters. The van der Waals surface area contributed by atoms with Crippen molar-refractivity contribution in [1.29, 1.82) is 0 Å². The lowest BCUT2D eigenvalue weighted by Gasteiger charge is -2.40. The third-order valence-electron chi connectivity index (χ3n) is 4.74. The highest BCUT2D eigenvalue weighted by atomic mass is 19.4. The number of likely N-dealkylation sites (tertiary alicyclic amines) is 1. The SMILES string of the molecule is CC1CNCCC1N1CCCC1CCC(O)C(F)(F)F. The summed E-state index contributed by atoms with van der Waals surface area (Å²) in [7, 11) is 0. The molecule has 2 heterocycles. The van der Waals surface area contributed by atoms with E-state index in [0.29, 0.717) is 18.4 Å². The van der Waals surface area contributed by atoms with E-state index in [4.69, 9.17) is 5.11 Å². The van der Waals surface area contributed by atoms with E-state index in [1.807, 2.05) is 0 Å². The van der Waals surface area contributed by atoms with Crippen molar-refractivity contribution >= 4 is 0 Å². The first-order valence-electron chi connectivity index (χ1n) is 7.61. The lowest BCUT2D eigenvalue weighted by atomic mass is 9.92. The summed E-state index contributed by atoms with van der Waals surface area (Å²) >= 11 is 0. The quantitative estimate of drug-likeness (QED) is 0.834. The number of aliphatic hydroxyl groups is 1. The van der Waals surface area contributed by atoms with Gasteiger partial charge in [-0.05, 0) is 57.7 Å². The van der Waals surface area contributed by atoms with E-state index in [1.54, 1.807) is 0 Å².